The summed E-state index contributed by atoms with van der Waals surface area (Å²) in [4.78, 5) is 0.104. The number of sulfonamides is 1. The van der Waals surface area contributed by atoms with Gasteiger partial charge in [0.1, 0.15) is 23.1 Å². The molecule has 0 aliphatic carbocycles. The van der Waals surface area contributed by atoms with Crippen molar-refractivity contribution in [2.75, 3.05) is 4.72 Å². The molecule has 0 aliphatic heterocycles. The fourth-order valence-corrected chi connectivity index (χ4v) is 4.11. The molecule has 3 rings (SSSR count). The molecule has 0 amide bonds. The van der Waals surface area contributed by atoms with Crippen LogP contribution in [-0.4, -0.2) is 8.42 Å². The monoisotopic (exact) mass is 440 g/mol. The summed E-state index contributed by atoms with van der Waals surface area (Å²) in [5.41, 5.74) is 1.89. The van der Waals surface area contributed by atoms with Crippen molar-refractivity contribution >= 4 is 27.3 Å². The standard InChI is InChI=1S/C23H21ClN2O3S/c1-3-16(2)17-7-9-18(10-8-17)26-30(27,28)20-13-11-19(12-14-20)29-23-6-4-5-22(24)21(23)15-25/h4-14,16,26H,3H2,1-2H3. The van der Waals surface area contributed by atoms with Gasteiger partial charge in [0, 0.05) is 5.69 Å². The normalized spacial score (nSPS) is 12.1. The van der Waals surface area contributed by atoms with Crippen LogP contribution in [0.2, 0.25) is 5.02 Å². The van der Waals surface area contributed by atoms with Crippen molar-refractivity contribution in [3.63, 3.8) is 0 Å². The fourth-order valence-electron chi connectivity index (χ4n) is 2.84. The largest absolute Gasteiger partial charge is 0.456 e. The summed E-state index contributed by atoms with van der Waals surface area (Å²) in [5.74, 6) is 1.12. The molecular formula is C23H21ClN2O3S. The minimum atomic E-state index is -3.74. The van der Waals surface area contributed by atoms with Crippen molar-refractivity contribution in [2.24, 2.45) is 0 Å². The summed E-state index contributed by atoms with van der Waals surface area (Å²) >= 11 is 6.00. The summed E-state index contributed by atoms with van der Waals surface area (Å²) in [7, 11) is -3.74. The van der Waals surface area contributed by atoms with Gasteiger partial charge in [-0.15, -0.1) is 0 Å². The molecule has 7 heteroatoms. The third-order valence-corrected chi connectivity index (χ3v) is 6.51. The number of rotatable bonds is 7. The maximum atomic E-state index is 12.7. The molecule has 154 valence electrons. The molecule has 3 aromatic carbocycles. The van der Waals surface area contributed by atoms with E-state index in [1.165, 1.54) is 29.8 Å². The van der Waals surface area contributed by atoms with Gasteiger partial charge in [-0.25, -0.2) is 8.42 Å². The van der Waals surface area contributed by atoms with Gasteiger partial charge in [0.2, 0.25) is 0 Å². The van der Waals surface area contributed by atoms with Crippen LogP contribution in [0.25, 0.3) is 0 Å². The highest BCUT2D eigenvalue weighted by Gasteiger charge is 2.15. The Morgan fingerprint density at radius 3 is 2.33 bits per heavy atom. The van der Waals surface area contributed by atoms with Gasteiger partial charge in [0.15, 0.2) is 0 Å². The lowest BCUT2D eigenvalue weighted by Gasteiger charge is -2.12. The van der Waals surface area contributed by atoms with E-state index in [-0.39, 0.29) is 15.5 Å². The first-order valence-corrected chi connectivity index (χ1v) is 11.3. The minimum Gasteiger partial charge on any atom is -0.456 e. The summed E-state index contributed by atoms with van der Waals surface area (Å²) in [6, 6.07) is 20.2. The lowest BCUT2D eigenvalue weighted by Crippen LogP contribution is -2.12. The van der Waals surface area contributed by atoms with Crippen molar-refractivity contribution in [2.45, 2.75) is 31.1 Å². The Hall–Kier alpha value is -3.01. The highest BCUT2D eigenvalue weighted by atomic mass is 35.5. The summed E-state index contributed by atoms with van der Waals surface area (Å²) in [6.45, 7) is 4.24. The molecule has 1 unspecified atom stereocenters. The van der Waals surface area contributed by atoms with E-state index in [4.69, 9.17) is 16.3 Å². The SMILES string of the molecule is CCC(C)c1ccc(NS(=O)(=O)c2ccc(Oc3cccc(Cl)c3C#N)cc2)cc1. The van der Waals surface area contributed by atoms with E-state index in [0.29, 0.717) is 23.1 Å². The average Bonchev–Trinajstić information content (AvgIpc) is 2.74. The Balaban J connectivity index is 1.75. The van der Waals surface area contributed by atoms with Crippen LogP contribution < -0.4 is 9.46 Å². The molecule has 0 radical (unpaired) electrons. The Morgan fingerprint density at radius 1 is 1.07 bits per heavy atom. The average molecular weight is 441 g/mol. The Morgan fingerprint density at radius 2 is 1.73 bits per heavy atom. The van der Waals surface area contributed by atoms with Gasteiger partial charge < -0.3 is 4.74 Å². The van der Waals surface area contributed by atoms with E-state index in [1.54, 1.807) is 30.3 Å². The van der Waals surface area contributed by atoms with Crippen LogP contribution in [0, 0.1) is 11.3 Å². The van der Waals surface area contributed by atoms with Crippen LogP contribution in [0.3, 0.4) is 0 Å². The van der Waals surface area contributed by atoms with Crippen molar-refractivity contribution < 1.29 is 13.2 Å². The van der Waals surface area contributed by atoms with Crippen LogP contribution in [-0.2, 0) is 10.0 Å². The van der Waals surface area contributed by atoms with Crippen LogP contribution >= 0.6 is 11.6 Å². The van der Waals surface area contributed by atoms with E-state index in [0.717, 1.165) is 6.42 Å². The predicted molar refractivity (Wildman–Crippen MR) is 119 cm³/mol. The third-order valence-electron chi connectivity index (χ3n) is 4.79. The zero-order valence-corrected chi connectivity index (χ0v) is 18.2. The molecule has 0 aromatic heterocycles. The first kappa shape index (κ1) is 21.7. The smallest absolute Gasteiger partial charge is 0.261 e. The van der Waals surface area contributed by atoms with Gasteiger partial charge in [-0.1, -0.05) is 43.6 Å². The minimum absolute atomic E-state index is 0.104. The van der Waals surface area contributed by atoms with Gasteiger partial charge >= 0.3 is 0 Å². The Kier molecular flexibility index (Phi) is 6.66. The molecule has 1 N–H and O–H groups in total. The quantitative estimate of drug-likeness (QED) is 0.466. The first-order chi connectivity index (χ1) is 14.3. The number of nitrogens with zero attached hydrogens (tertiary/aromatic N) is 1. The molecule has 0 heterocycles. The molecule has 0 saturated carbocycles. The molecular weight excluding hydrogens is 420 g/mol. The number of halogens is 1. The van der Waals surface area contributed by atoms with Gasteiger partial charge in [-0.05, 0) is 66.4 Å². The lowest BCUT2D eigenvalue weighted by molar-refractivity contribution is 0.480. The Labute approximate surface area is 181 Å². The van der Waals surface area contributed by atoms with E-state index in [2.05, 4.69) is 18.6 Å². The van der Waals surface area contributed by atoms with Gasteiger partial charge in [-0.3, -0.25) is 4.72 Å². The number of ether oxygens (including phenoxy) is 1. The molecule has 30 heavy (non-hydrogen) atoms. The molecule has 0 bridgehead atoms. The molecule has 5 nitrogen and oxygen atoms in total. The lowest BCUT2D eigenvalue weighted by atomic mass is 9.99. The van der Waals surface area contributed by atoms with Gasteiger partial charge in [0.05, 0.1) is 9.92 Å². The van der Waals surface area contributed by atoms with Gasteiger partial charge in [0.25, 0.3) is 10.0 Å². The van der Waals surface area contributed by atoms with Crippen LogP contribution in [0.15, 0.2) is 71.6 Å². The number of nitrogens with one attached hydrogen (secondary N) is 1. The molecule has 3 aromatic rings. The second-order valence-corrected chi connectivity index (χ2v) is 8.92. The second kappa shape index (κ2) is 9.21. The van der Waals surface area contributed by atoms with Crippen LogP contribution in [0.1, 0.15) is 37.3 Å². The fraction of sp³-hybridized carbons (Fsp3) is 0.174. The Bertz CT molecular complexity index is 1170. The maximum Gasteiger partial charge on any atom is 0.261 e. The number of hydrogen-bond acceptors (Lipinski definition) is 4. The topological polar surface area (TPSA) is 79.2 Å². The molecule has 0 fully saturated rings. The van der Waals surface area contributed by atoms with Crippen LogP contribution in [0.4, 0.5) is 5.69 Å². The highest BCUT2D eigenvalue weighted by molar-refractivity contribution is 7.92. The molecule has 1 atom stereocenters. The summed E-state index contributed by atoms with van der Waals surface area (Å²) in [5, 5.41) is 9.52. The second-order valence-electron chi connectivity index (χ2n) is 6.84. The molecule has 0 aliphatic rings. The predicted octanol–water partition coefficient (Wildman–Crippen LogP) is 6.32. The number of anilines is 1. The maximum absolute atomic E-state index is 12.7. The zero-order valence-electron chi connectivity index (χ0n) is 16.6. The van der Waals surface area contributed by atoms with E-state index in [1.807, 2.05) is 18.2 Å². The number of nitriles is 1. The summed E-state index contributed by atoms with van der Waals surface area (Å²) < 4.78 is 33.6. The van der Waals surface area contributed by atoms with Crippen LogP contribution in [0.5, 0.6) is 11.5 Å². The zero-order chi connectivity index (χ0) is 21.7. The highest BCUT2D eigenvalue weighted by Crippen LogP contribution is 2.30. The molecule has 0 spiro atoms. The van der Waals surface area contributed by atoms with Crippen molar-refractivity contribution in [3.8, 4) is 17.6 Å². The van der Waals surface area contributed by atoms with Gasteiger partial charge in [-0.2, -0.15) is 5.26 Å². The first-order valence-electron chi connectivity index (χ1n) is 9.43. The third kappa shape index (κ3) is 4.93. The van der Waals surface area contributed by atoms with E-state index >= 15 is 0 Å². The van der Waals surface area contributed by atoms with E-state index < -0.39 is 10.0 Å². The summed E-state index contributed by atoms with van der Waals surface area (Å²) in [6.07, 6.45) is 1.02. The van der Waals surface area contributed by atoms with E-state index in [9.17, 15) is 13.7 Å². The van der Waals surface area contributed by atoms with Crippen molar-refractivity contribution in [1.29, 1.82) is 5.26 Å². The molecule has 0 saturated heterocycles. The number of benzene rings is 3. The number of hydrogen-bond donors (Lipinski definition) is 1. The van der Waals surface area contributed by atoms with Crippen molar-refractivity contribution in [3.05, 3.63) is 82.9 Å². The van der Waals surface area contributed by atoms with Crippen molar-refractivity contribution in [1.82, 2.24) is 0 Å².